The van der Waals surface area contributed by atoms with E-state index in [0.717, 1.165) is 38.8 Å². The van der Waals surface area contributed by atoms with Gasteiger partial charge in [0.2, 0.25) is 0 Å². The van der Waals surface area contributed by atoms with E-state index in [4.69, 9.17) is 0 Å². The second-order valence-electron chi connectivity index (χ2n) is 6.60. The number of carbonyl (C=O) groups is 1. The summed E-state index contributed by atoms with van der Waals surface area (Å²) in [5.41, 5.74) is -0.243. The smallest absolute Gasteiger partial charge is 0.276 e. The van der Waals surface area contributed by atoms with Crippen LogP contribution in [-0.4, -0.2) is 62.7 Å². The number of nitrogens with zero attached hydrogens (tertiary/aromatic N) is 4. The molecule has 3 fully saturated rings. The number of hydrogen-bond donors (Lipinski definition) is 2. The summed E-state index contributed by atoms with van der Waals surface area (Å²) >= 11 is 0. The lowest BCUT2D eigenvalue weighted by atomic mass is 9.88. The molecule has 1 aromatic heterocycles. The average molecular weight is 291 g/mol. The molecule has 4 rings (SSSR count). The maximum Gasteiger partial charge on any atom is 0.276 e. The number of β-amino-alcohol motifs (C(OH)–C–C–N with tert-alkyl or cyclic N) is 1. The van der Waals surface area contributed by atoms with Crippen LogP contribution in [0.2, 0.25) is 0 Å². The van der Waals surface area contributed by atoms with Crippen molar-refractivity contribution in [2.75, 3.05) is 26.2 Å². The Morgan fingerprint density at radius 3 is 2.67 bits per heavy atom. The van der Waals surface area contributed by atoms with E-state index in [2.05, 4.69) is 15.6 Å². The van der Waals surface area contributed by atoms with E-state index < -0.39 is 5.60 Å². The van der Waals surface area contributed by atoms with E-state index in [1.54, 1.807) is 11.1 Å². The van der Waals surface area contributed by atoms with Gasteiger partial charge in [0, 0.05) is 0 Å². The van der Waals surface area contributed by atoms with Crippen molar-refractivity contribution >= 4 is 5.91 Å². The summed E-state index contributed by atoms with van der Waals surface area (Å²) in [5, 5.41) is 21.7. The van der Waals surface area contributed by atoms with Gasteiger partial charge in [-0.2, -0.15) is 0 Å². The number of likely N-dealkylation sites (tertiary alicyclic amines) is 1. The van der Waals surface area contributed by atoms with Crippen molar-refractivity contribution < 1.29 is 9.90 Å². The first-order valence-electron chi connectivity index (χ1n) is 7.80. The van der Waals surface area contributed by atoms with Crippen LogP contribution in [-0.2, 0) is 0 Å². The third-order valence-electron chi connectivity index (χ3n) is 4.97. The largest absolute Gasteiger partial charge is 0.386 e. The summed E-state index contributed by atoms with van der Waals surface area (Å²) in [6.45, 7) is 2.84. The zero-order chi connectivity index (χ0) is 14.4. The van der Waals surface area contributed by atoms with Crippen molar-refractivity contribution in [1.29, 1.82) is 0 Å². The molecule has 114 valence electrons. The number of amides is 1. The minimum atomic E-state index is -0.638. The molecule has 2 saturated heterocycles. The number of nitrogens with one attached hydrogen (secondary N) is 1. The minimum Gasteiger partial charge on any atom is -0.386 e. The zero-order valence-corrected chi connectivity index (χ0v) is 12.0. The van der Waals surface area contributed by atoms with Gasteiger partial charge in [-0.25, -0.2) is 4.68 Å². The Bertz CT molecular complexity index is 541. The molecule has 0 spiro atoms. The fraction of sp³-hybridized carbons (Fsp3) is 0.786. The van der Waals surface area contributed by atoms with Gasteiger partial charge >= 0.3 is 0 Å². The maximum absolute atomic E-state index is 12.3. The molecule has 7 heteroatoms. The first-order chi connectivity index (χ1) is 10.2. The second-order valence-corrected chi connectivity index (χ2v) is 6.60. The molecule has 0 aromatic carbocycles. The van der Waals surface area contributed by atoms with Crippen LogP contribution >= 0.6 is 0 Å². The van der Waals surface area contributed by atoms with Crippen LogP contribution in [0.1, 0.15) is 42.2 Å². The van der Waals surface area contributed by atoms with Gasteiger partial charge < -0.3 is 15.3 Å². The number of aromatic nitrogens is 3. The molecular formula is C14H21N5O2. The van der Waals surface area contributed by atoms with Crippen molar-refractivity contribution in [2.45, 2.75) is 37.3 Å². The highest BCUT2D eigenvalue weighted by Crippen LogP contribution is 2.44. The van der Waals surface area contributed by atoms with Crippen LogP contribution < -0.4 is 5.32 Å². The Hall–Kier alpha value is -1.47. The third-order valence-corrected chi connectivity index (χ3v) is 4.97. The van der Waals surface area contributed by atoms with Gasteiger partial charge in [0.25, 0.3) is 5.91 Å². The van der Waals surface area contributed by atoms with Gasteiger partial charge in [-0.1, -0.05) is 5.21 Å². The average Bonchev–Trinajstić information content (AvgIpc) is 3.22. The van der Waals surface area contributed by atoms with Crippen molar-refractivity contribution in [1.82, 2.24) is 25.2 Å². The number of piperidine rings is 1. The first kappa shape index (κ1) is 13.2. The van der Waals surface area contributed by atoms with Crippen molar-refractivity contribution in [3.8, 4) is 0 Å². The number of aliphatic hydroxyl groups is 1. The van der Waals surface area contributed by atoms with Crippen LogP contribution in [0, 0.1) is 5.92 Å². The number of hydrogen-bond acceptors (Lipinski definition) is 5. The third kappa shape index (κ3) is 2.34. The molecule has 21 heavy (non-hydrogen) atoms. The van der Waals surface area contributed by atoms with Crippen LogP contribution in [0.15, 0.2) is 6.20 Å². The lowest BCUT2D eigenvalue weighted by molar-refractivity contribution is -0.0959. The summed E-state index contributed by atoms with van der Waals surface area (Å²) in [6.07, 6.45) is 5.96. The fourth-order valence-corrected chi connectivity index (χ4v) is 3.42. The summed E-state index contributed by atoms with van der Waals surface area (Å²) in [4.78, 5) is 14.0. The Morgan fingerprint density at radius 2 is 2.00 bits per heavy atom. The maximum atomic E-state index is 12.3. The summed E-state index contributed by atoms with van der Waals surface area (Å²) < 4.78 is 1.82. The normalized spacial score (nSPS) is 25.7. The molecule has 3 heterocycles. The van der Waals surface area contributed by atoms with E-state index in [1.807, 2.05) is 4.68 Å². The minimum absolute atomic E-state index is 0.111. The molecule has 3 aliphatic rings. The predicted molar refractivity (Wildman–Crippen MR) is 74.7 cm³/mol. The van der Waals surface area contributed by atoms with E-state index in [9.17, 15) is 9.90 Å². The highest BCUT2D eigenvalue weighted by molar-refractivity contribution is 5.92. The SMILES string of the molecule is O=C(c1cn(C2CCNCC2)nn1)N1CC(O)(C2CC2)C1. The molecule has 0 radical (unpaired) electrons. The summed E-state index contributed by atoms with van der Waals surface area (Å²) in [7, 11) is 0. The van der Waals surface area contributed by atoms with Gasteiger partial charge in [0.05, 0.1) is 25.3 Å². The van der Waals surface area contributed by atoms with Gasteiger partial charge in [-0.3, -0.25) is 4.79 Å². The molecule has 0 unspecified atom stereocenters. The van der Waals surface area contributed by atoms with Gasteiger partial charge in [-0.15, -0.1) is 5.10 Å². The molecule has 7 nitrogen and oxygen atoms in total. The lowest BCUT2D eigenvalue weighted by Gasteiger charge is -2.46. The first-order valence-corrected chi connectivity index (χ1v) is 7.80. The van der Waals surface area contributed by atoms with Crippen LogP contribution in [0.3, 0.4) is 0 Å². The molecule has 1 aliphatic carbocycles. The van der Waals surface area contributed by atoms with Gasteiger partial charge in [0.1, 0.15) is 5.60 Å². The van der Waals surface area contributed by atoms with Crippen molar-refractivity contribution in [2.24, 2.45) is 5.92 Å². The quantitative estimate of drug-likeness (QED) is 0.806. The zero-order valence-electron chi connectivity index (χ0n) is 12.0. The molecule has 0 bridgehead atoms. The summed E-state index contributed by atoms with van der Waals surface area (Å²) in [6, 6.07) is 0.333. The molecule has 1 aromatic rings. The van der Waals surface area contributed by atoms with E-state index >= 15 is 0 Å². The Balaban J connectivity index is 1.40. The van der Waals surface area contributed by atoms with Gasteiger partial charge in [0.15, 0.2) is 5.69 Å². The monoisotopic (exact) mass is 291 g/mol. The molecule has 2 N–H and O–H groups in total. The number of rotatable bonds is 3. The standard InChI is InChI=1S/C14H21N5O2/c20-13(18-8-14(21,9-18)10-1-2-10)12-7-19(17-16-12)11-3-5-15-6-4-11/h7,10-11,15,21H,1-6,8-9H2. The highest BCUT2D eigenvalue weighted by atomic mass is 16.3. The number of carbonyl (C=O) groups excluding carboxylic acids is 1. The Kier molecular flexibility index (Phi) is 3.00. The molecular weight excluding hydrogens is 270 g/mol. The molecule has 1 saturated carbocycles. The second kappa shape index (κ2) is 4.78. The summed E-state index contributed by atoms with van der Waals surface area (Å²) in [5.74, 6) is 0.285. The van der Waals surface area contributed by atoms with E-state index in [-0.39, 0.29) is 5.91 Å². The van der Waals surface area contributed by atoms with Gasteiger partial charge in [-0.05, 0) is 44.7 Å². The predicted octanol–water partition coefficient (Wildman–Crippen LogP) is -0.200. The highest BCUT2D eigenvalue weighted by Gasteiger charge is 2.53. The van der Waals surface area contributed by atoms with Crippen LogP contribution in [0.25, 0.3) is 0 Å². The fourth-order valence-electron chi connectivity index (χ4n) is 3.42. The molecule has 0 atom stereocenters. The topological polar surface area (TPSA) is 83.3 Å². The van der Waals surface area contributed by atoms with Crippen molar-refractivity contribution in [3.63, 3.8) is 0 Å². The Morgan fingerprint density at radius 1 is 1.29 bits per heavy atom. The van der Waals surface area contributed by atoms with Crippen molar-refractivity contribution in [3.05, 3.63) is 11.9 Å². The van der Waals surface area contributed by atoms with Crippen LogP contribution in [0.5, 0.6) is 0 Å². The van der Waals surface area contributed by atoms with Crippen LogP contribution in [0.4, 0.5) is 0 Å². The van der Waals surface area contributed by atoms with E-state index in [1.165, 1.54) is 0 Å². The Labute approximate surface area is 123 Å². The lowest BCUT2D eigenvalue weighted by Crippen LogP contribution is -2.64. The molecule has 2 aliphatic heterocycles. The van der Waals surface area contributed by atoms with E-state index in [0.29, 0.717) is 30.7 Å². The molecule has 1 amide bonds.